The summed E-state index contributed by atoms with van der Waals surface area (Å²) in [6.07, 6.45) is 0. The molecule has 0 aliphatic carbocycles. The van der Waals surface area contributed by atoms with Crippen LogP contribution in [0.25, 0.3) is 0 Å². The summed E-state index contributed by atoms with van der Waals surface area (Å²) in [6.45, 7) is 0. The van der Waals surface area contributed by atoms with Crippen LogP contribution < -0.4 is 0 Å². The molecule has 0 saturated heterocycles. The summed E-state index contributed by atoms with van der Waals surface area (Å²) in [5.41, 5.74) is 0. The van der Waals surface area contributed by atoms with E-state index in [-0.39, 0.29) is 5.78 Å². The average molecular weight is 312 g/mol. The highest BCUT2D eigenvalue weighted by Gasteiger charge is 2.25. The van der Waals surface area contributed by atoms with Crippen molar-refractivity contribution in [2.24, 2.45) is 0 Å². The van der Waals surface area contributed by atoms with E-state index in [1.165, 1.54) is 22.7 Å². The Balaban J connectivity index is 2.35. The number of carbonyl (C=O) groups excluding carboxylic acids is 1. The molecular weight excluding hydrogens is 306 g/mol. The topological polar surface area (TPSA) is 40.9 Å². The first kappa shape index (κ1) is 11.5. The number of Topliss-reactive ketones (excluding diaryl/α,β-unsaturated/α-hetero) is 1. The number of carbonyl (C=O) groups is 1. The van der Waals surface area contributed by atoms with Crippen LogP contribution in [0.15, 0.2) is 33.4 Å². The molecule has 0 fully saturated rings. The highest BCUT2D eigenvalue weighted by atomic mass is 79.9. The van der Waals surface area contributed by atoms with Crippen LogP contribution in [-0.2, 0) is 0 Å². The Morgan fingerprint density at radius 2 is 2.19 bits per heavy atom. The molecule has 1 atom stereocenters. The first-order valence-electron chi connectivity index (χ1n) is 4.44. The van der Waals surface area contributed by atoms with Gasteiger partial charge in [0, 0.05) is 9.35 Å². The number of thiophene rings is 2. The lowest BCUT2D eigenvalue weighted by molar-refractivity contribution is 0.0983. The van der Waals surface area contributed by atoms with Crippen LogP contribution in [0.3, 0.4) is 0 Å². The van der Waals surface area contributed by atoms with Crippen LogP contribution in [0.4, 0.5) is 0 Å². The fraction of sp³-hybridized carbons (Fsp3) is 0.0909. The third-order valence-electron chi connectivity index (χ3n) is 2.06. The second-order valence-electron chi connectivity index (χ2n) is 3.04. The maximum atomic E-state index is 12.1. The van der Waals surface area contributed by atoms with Crippen molar-refractivity contribution in [2.75, 3.05) is 0 Å². The van der Waals surface area contributed by atoms with E-state index in [4.69, 9.17) is 5.26 Å². The van der Waals surface area contributed by atoms with Gasteiger partial charge >= 0.3 is 0 Å². The molecule has 2 aromatic rings. The molecule has 2 rings (SSSR count). The first-order valence-corrected chi connectivity index (χ1v) is 6.99. The van der Waals surface area contributed by atoms with Gasteiger partial charge in [-0.25, -0.2) is 0 Å². The highest BCUT2D eigenvalue weighted by Crippen LogP contribution is 2.30. The van der Waals surface area contributed by atoms with Gasteiger partial charge in [-0.1, -0.05) is 6.07 Å². The van der Waals surface area contributed by atoms with Gasteiger partial charge in [0.2, 0.25) is 0 Å². The van der Waals surface area contributed by atoms with Gasteiger partial charge in [0.15, 0.2) is 5.78 Å². The molecule has 0 amide bonds. The van der Waals surface area contributed by atoms with E-state index in [9.17, 15) is 4.79 Å². The molecule has 0 spiro atoms. The van der Waals surface area contributed by atoms with E-state index in [0.29, 0.717) is 4.88 Å². The van der Waals surface area contributed by atoms with Crippen LogP contribution in [0.1, 0.15) is 20.5 Å². The second kappa shape index (κ2) is 4.91. The van der Waals surface area contributed by atoms with Crippen molar-refractivity contribution in [3.05, 3.63) is 43.2 Å². The Morgan fingerprint density at radius 3 is 2.69 bits per heavy atom. The molecule has 16 heavy (non-hydrogen) atoms. The molecule has 80 valence electrons. The summed E-state index contributed by atoms with van der Waals surface area (Å²) >= 11 is 6.10. The van der Waals surface area contributed by atoms with E-state index in [1.54, 1.807) is 0 Å². The third kappa shape index (κ3) is 2.09. The summed E-state index contributed by atoms with van der Waals surface area (Å²) < 4.78 is 0.763. The van der Waals surface area contributed by atoms with E-state index < -0.39 is 5.92 Å². The Kier molecular flexibility index (Phi) is 3.54. The predicted molar refractivity (Wildman–Crippen MR) is 69.0 cm³/mol. The zero-order valence-electron chi connectivity index (χ0n) is 8.01. The third-order valence-corrected chi connectivity index (χ3v) is 4.85. The van der Waals surface area contributed by atoms with Crippen LogP contribution in [0.5, 0.6) is 0 Å². The molecular formula is C11H6BrNOS2. The van der Waals surface area contributed by atoms with Crippen LogP contribution in [0.2, 0.25) is 0 Å². The molecule has 2 heterocycles. The van der Waals surface area contributed by atoms with Crippen molar-refractivity contribution in [1.29, 1.82) is 5.26 Å². The molecule has 0 radical (unpaired) electrons. The van der Waals surface area contributed by atoms with E-state index in [2.05, 4.69) is 22.0 Å². The zero-order valence-corrected chi connectivity index (χ0v) is 11.2. The Bertz CT molecular complexity index is 539. The average Bonchev–Trinajstić information content (AvgIpc) is 2.90. The Morgan fingerprint density at radius 1 is 1.38 bits per heavy atom. The zero-order chi connectivity index (χ0) is 11.5. The van der Waals surface area contributed by atoms with Gasteiger partial charge in [-0.05, 0) is 38.8 Å². The number of nitriles is 1. The molecule has 0 saturated carbocycles. The molecule has 5 heteroatoms. The number of halogens is 1. The van der Waals surface area contributed by atoms with Gasteiger partial charge in [-0.3, -0.25) is 4.79 Å². The molecule has 0 aliphatic heterocycles. The van der Waals surface area contributed by atoms with Crippen molar-refractivity contribution in [1.82, 2.24) is 0 Å². The van der Waals surface area contributed by atoms with Crippen molar-refractivity contribution >= 4 is 44.4 Å². The number of rotatable bonds is 3. The van der Waals surface area contributed by atoms with Gasteiger partial charge in [-0.2, -0.15) is 5.26 Å². The number of hydrogen-bond donors (Lipinski definition) is 0. The molecule has 0 aromatic carbocycles. The van der Waals surface area contributed by atoms with E-state index in [0.717, 1.165) is 9.35 Å². The van der Waals surface area contributed by atoms with Crippen LogP contribution in [0, 0.1) is 11.3 Å². The normalized spacial score (nSPS) is 12.0. The monoisotopic (exact) mass is 311 g/mol. The predicted octanol–water partition coefficient (Wildman–Crippen LogP) is 4.06. The summed E-state index contributed by atoms with van der Waals surface area (Å²) in [6, 6.07) is 7.55. The Labute approximate surface area is 109 Å². The van der Waals surface area contributed by atoms with Crippen LogP contribution >= 0.6 is 38.6 Å². The van der Waals surface area contributed by atoms with Crippen molar-refractivity contribution in [3.8, 4) is 6.07 Å². The van der Waals surface area contributed by atoms with Gasteiger partial charge in [-0.15, -0.1) is 22.7 Å². The minimum absolute atomic E-state index is 0.133. The summed E-state index contributed by atoms with van der Waals surface area (Å²) in [7, 11) is 0. The molecule has 1 unspecified atom stereocenters. The van der Waals surface area contributed by atoms with Crippen molar-refractivity contribution in [3.63, 3.8) is 0 Å². The van der Waals surface area contributed by atoms with Crippen LogP contribution in [-0.4, -0.2) is 5.78 Å². The number of nitrogens with zero attached hydrogens (tertiary/aromatic N) is 1. The second-order valence-corrected chi connectivity index (χ2v) is 5.79. The fourth-order valence-electron chi connectivity index (χ4n) is 1.31. The standard InChI is InChI=1S/C11H6BrNOS2/c12-8-3-5-16-11(8)10(14)7(6-13)9-2-1-4-15-9/h1-5,7H. The minimum atomic E-state index is -0.685. The van der Waals surface area contributed by atoms with Gasteiger partial charge in [0.1, 0.15) is 5.92 Å². The molecule has 0 aliphatic rings. The number of ketones is 1. The lowest BCUT2D eigenvalue weighted by Gasteiger charge is -2.04. The first-order chi connectivity index (χ1) is 7.74. The summed E-state index contributed by atoms with van der Waals surface area (Å²) in [5, 5.41) is 12.8. The lowest BCUT2D eigenvalue weighted by atomic mass is 10.0. The maximum absolute atomic E-state index is 12.1. The summed E-state index contributed by atoms with van der Waals surface area (Å²) in [5.74, 6) is -0.818. The largest absolute Gasteiger partial charge is 0.291 e. The molecule has 2 nitrogen and oxygen atoms in total. The van der Waals surface area contributed by atoms with Gasteiger partial charge in [0.25, 0.3) is 0 Å². The van der Waals surface area contributed by atoms with Crippen molar-refractivity contribution < 1.29 is 4.79 Å². The lowest BCUT2D eigenvalue weighted by Crippen LogP contribution is -2.08. The quantitative estimate of drug-likeness (QED) is 0.802. The smallest absolute Gasteiger partial charge is 0.196 e. The van der Waals surface area contributed by atoms with Gasteiger partial charge in [0.05, 0.1) is 10.9 Å². The minimum Gasteiger partial charge on any atom is -0.291 e. The maximum Gasteiger partial charge on any atom is 0.196 e. The fourth-order valence-corrected chi connectivity index (χ4v) is 3.61. The molecule has 0 N–H and O–H groups in total. The molecule has 0 bridgehead atoms. The van der Waals surface area contributed by atoms with Crippen molar-refractivity contribution in [2.45, 2.75) is 5.92 Å². The van der Waals surface area contributed by atoms with E-state index >= 15 is 0 Å². The highest BCUT2D eigenvalue weighted by molar-refractivity contribution is 9.10. The Hall–Kier alpha value is -0.960. The summed E-state index contributed by atoms with van der Waals surface area (Å²) in [4.78, 5) is 13.5. The SMILES string of the molecule is N#CC(C(=O)c1sccc1Br)c1cccs1. The van der Waals surface area contributed by atoms with Gasteiger partial charge < -0.3 is 0 Å². The number of hydrogen-bond acceptors (Lipinski definition) is 4. The van der Waals surface area contributed by atoms with E-state index in [1.807, 2.05) is 29.0 Å². The molecule has 2 aromatic heterocycles.